The first-order valence-electron chi connectivity index (χ1n) is 9.03. The molecule has 0 radical (unpaired) electrons. The number of amides is 1. The van der Waals surface area contributed by atoms with Crippen molar-refractivity contribution in [2.75, 3.05) is 27.9 Å². The number of rotatable bonds is 7. The molecule has 4 N–H and O–H groups in total. The van der Waals surface area contributed by atoms with Crippen molar-refractivity contribution in [3.8, 4) is 17.2 Å². The van der Waals surface area contributed by atoms with Gasteiger partial charge in [0.1, 0.15) is 0 Å². The van der Waals surface area contributed by atoms with Crippen molar-refractivity contribution in [3.63, 3.8) is 0 Å². The van der Waals surface area contributed by atoms with Crippen molar-refractivity contribution in [1.29, 1.82) is 0 Å². The number of aliphatic imine (C=N–C) groups is 1. The van der Waals surface area contributed by atoms with Crippen molar-refractivity contribution < 1.29 is 19.0 Å². The molecule has 3 rings (SSSR count). The SMILES string of the molecule is COc1cc(C(=O)NC(N)=NCCc2c[nH]c3ccccc23)cc(OC)c1OC. The summed E-state index contributed by atoms with van der Waals surface area (Å²) in [6.07, 6.45) is 2.66. The largest absolute Gasteiger partial charge is 0.493 e. The summed E-state index contributed by atoms with van der Waals surface area (Å²) >= 11 is 0. The fourth-order valence-corrected chi connectivity index (χ4v) is 3.08. The smallest absolute Gasteiger partial charge is 0.258 e. The minimum Gasteiger partial charge on any atom is -0.493 e. The van der Waals surface area contributed by atoms with Gasteiger partial charge in [-0.15, -0.1) is 0 Å². The lowest BCUT2D eigenvalue weighted by molar-refractivity contribution is 0.0975. The molecule has 0 aliphatic carbocycles. The topological polar surface area (TPSA) is 111 Å². The quantitative estimate of drug-likeness (QED) is 0.420. The third-order valence-electron chi connectivity index (χ3n) is 4.51. The lowest BCUT2D eigenvalue weighted by Crippen LogP contribution is -2.37. The number of benzene rings is 2. The summed E-state index contributed by atoms with van der Waals surface area (Å²) < 4.78 is 15.8. The highest BCUT2D eigenvalue weighted by Crippen LogP contribution is 2.38. The van der Waals surface area contributed by atoms with Crippen LogP contribution in [-0.2, 0) is 6.42 Å². The highest BCUT2D eigenvalue weighted by atomic mass is 16.5. The maximum absolute atomic E-state index is 12.5. The molecule has 8 nitrogen and oxygen atoms in total. The molecule has 0 aliphatic rings. The molecular formula is C21H24N4O4. The van der Waals surface area contributed by atoms with E-state index < -0.39 is 5.91 Å². The number of nitrogens with one attached hydrogen (secondary N) is 2. The average molecular weight is 396 g/mol. The monoisotopic (exact) mass is 396 g/mol. The van der Waals surface area contributed by atoms with Crippen molar-refractivity contribution >= 4 is 22.8 Å². The van der Waals surface area contributed by atoms with Crippen molar-refractivity contribution in [3.05, 3.63) is 53.7 Å². The molecule has 3 aromatic rings. The zero-order valence-corrected chi connectivity index (χ0v) is 16.6. The number of fused-ring (bicyclic) bond motifs is 1. The van der Waals surface area contributed by atoms with E-state index in [-0.39, 0.29) is 5.96 Å². The first-order chi connectivity index (χ1) is 14.1. The number of aromatic nitrogens is 1. The van der Waals surface area contributed by atoms with Crippen molar-refractivity contribution in [1.82, 2.24) is 10.3 Å². The van der Waals surface area contributed by atoms with Gasteiger partial charge in [-0.2, -0.15) is 0 Å². The minimum absolute atomic E-state index is 0.0450. The maximum atomic E-state index is 12.5. The molecule has 0 spiro atoms. The summed E-state index contributed by atoms with van der Waals surface area (Å²) in [5, 5.41) is 3.74. The molecule has 1 heterocycles. The highest BCUT2D eigenvalue weighted by Gasteiger charge is 2.17. The fourth-order valence-electron chi connectivity index (χ4n) is 3.08. The van der Waals surface area contributed by atoms with Crippen LogP contribution in [0, 0.1) is 0 Å². The van der Waals surface area contributed by atoms with Crippen molar-refractivity contribution in [2.45, 2.75) is 6.42 Å². The second-order valence-corrected chi connectivity index (χ2v) is 6.24. The third-order valence-corrected chi connectivity index (χ3v) is 4.51. The van der Waals surface area contributed by atoms with Gasteiger partial charge in [0.2, 0.25) is 5.75 Å². The number of carbonyl (C=O) groups excluding carboxylic acids is 1. The molecule has 0 saturated heterocycles. The number of methoxy groups -OCH3 is 3. The van der Waals surface area contributed by atoms with E-state index in [4.69, 9.17) is 19.9 Å². The van der Waals surface area contributed by atoms with Crippen LogP contribution in [-0.4, -0.2) is 44.7 Å². The summed E-state index contributed by atoms with van der Waals surface area (Å²) in [6, 6.07) is 11.2. The van der Waals surface area contributed by atoms with Crippen LogP contribution < -0.4 is 25.3 Å². The number of guanidine groups is 1. The Balaban J connectivity index is 1.67. The molecular weight excluding hydrogens is 372 g/mol. The van der Waals surface area contributed by atoms with Gasteiger partial charge >= 0.3 is 0 Å². The maximum Gasteiger partial charge on any atom is 0.258 e. The number of hydrogen-bond acceptors (Lipinski definition) is 5. The van der Waals surface area contributed by atoms with Gasteiger partial charge < -0.3 is 24.9 Å². The van der Waals surface area contributed by atoms with Crippen LogP contribution in [0.2, 0.25) is 0 Å². The summed E-state index contributed by atoms with van der Waals surface area (Å²) in [5.41, 5.74) is 8.42. The van der Waals surface area contributed by atoms with Crippen molar-refractivity contribution in [2.24, 2.45) is 10.7 Å². The number of ether oxygens (including phenoxy) is 3. The number of aromatic amines is 1. The van der Waals surface area contributed by atoms with Gasteiger partial charge in [-0.3, -0.25) is 15.1 Å². The van der Waals surface area contributed by atoms with Crippen LogP contribution in [0.3, 0.4) is 0 Å². The molecule has 0 bridgehead atoms. The molecule has 2 aromatic carbocycles. The Bertz CT molecular complexity index is 1020. The van der Waals surface area contributed by atoms with Crippen LogP contribution in [0.15, 0.2) is 47.6 Å². The first kappa shape index (κ1) is 20.1. The number of para-hydroxylation sites is 1. The van der Waals surface area contributed by atoms with E-state index >= 15 is 0 Å². The summed E-state index contributed by atoms with van der Waals surface area (Å²) in [7, 11) is 4.47. The number of hydrogen-bond donors (Lipinski definition) is 3. The second kappa shape index (κ2) is 9.01. The lowest BCUT2D eigenvalue weighted by atomic mass is 10.1. The Hall–Kier alpha value is -3.68. The average Bonchev–Trinajstić information content (AvgIpc) is 3.15. The van der Waals surface area contributed by atoms with Gasteiger partial charge in [-0.25, -0.2) is 0 Å². The van der Waals surface area contributed by atoms with Crippen LogP contribution in [0.4, 0.5) is 0 Å². The summed E-state index contributed by atoms with van der Waals surface area (Å²) in [6.45, 7) is 0.448. The van der Waals surface area contributed by atoms with Crippen LogP contribution >= 0.6 is 0 Å². The molecule has 0 fully saturated rings. The molecule has 0 aliphatic heterocycles. The van der Waals surface area contributed by atoms with E-state index in [1.807, 2.05) is 24.4 Å². The van der Waals surface area contributed by atoms with Gasteiger partial charge in [0.15, 0.2) is 17.5 Å². The molecule has 8 heteroatoms. The van der Waals surface area contributed by atoms with E-state index in [1.165, 1.54) is 21.3 Å². The number of H-pyrrole nitrogens is 1. The second-order valence-electron chi connectivity index (χ2n) is 6.24. The standard InChI is InChI=1S/C21H24N4O4/c1-27-17-10-14(11-18(28-2)19(17)29-3)20(26)25-21(22)23-9-8-13-12-24-16-7-5-4-6-15(13)16/h4-7,10-12,24H,8-9H2,1-3H3,(H3,22,23,25,26). The molecule has 1 amide bonds. The Morgan fingerprint density at radius 3 is 2.45 bits per heavy atom. The van der Waals surface area contributed by atoms with Crippen LogP contribution in [0.1, 0.15) is 15.9 Å². The van der Waals surface area contributed by atoms with Gasteiger partial charge in [-0.05, 0) is 30.2 Å². The number of nitrogens with two attached hydrogens (primary N) is 1. The molecule has 0 atom stereocenters. The summed E-state index contributed by atoms with van der Waals surface area (Å²) in [5.74, 6) is 0.798. The van der Waals surface area contributed by atoms with E-state index in [0.29, 0.717) is 35.8 Å². The zero-order chi connectivity index (χ0) is 20.8. The van der Waals surface area contributed by atoms with E-state index in [1.54, 1.807) is 12.1 Å². The first-order valence-corrected chi connectivity index (χ1v) is 9.03. The van der Waals surface area contributed by atoms with Crippen LogP contribution in [0.25, 0.3) is 10.9 Å². The number of nitrogens with zero attached hydrogens (tertiary/aromatic N) is 1. The zero-order valence-electron chi connectivity index (χ0n) is 16.6. The molecule has 0 saturated carbocycles. The van der Waals surface area contributed by atoms with E-state index in [2.05, 4.69) is 21.4 Å². The third kappa shape index (κ3) is 4.43. The van der Waals surface area contributed by atoms with Crippen LogP contribution in [0.5, 0.6) is 17.2 Å². The van der Waals surface area contributed by atoms with E-state index in [9.17, 15) is 4.79 Å². The molecule has 29 heavy (non-hydrogen) atoms. The highest BCUT2D eigenvalue weighted by molar-refractivity contribution is 6.05. The molecule has 1 aromatic heterocycles. The van der Waals surface area contributed by atoms with Gasteiger partial charge in [-0.1, -0.05) is 18.2 Å². The predicted molar refractivity (Wildman–Crippen MR) is 112 cm³/mol. The Kier molecular flexibility index (Phi) is 6.23. The van der Waals surface area contributed by atoms with Gasteiger partial charge in [0.25, 0.3) is 5.91 Å². The number of carbonyl (C=O) groups is 1. The fraction of sp³-hybridized carbons (Fsp3) is 0.238. The molecule has 152 valence electrons. The summed E-state index contributed by atoms with van der Waals surface area (Å²) in [4.78, 5) is 20.0. The normalized spacial score (nSPS) is 11.3. The Morgan fingerprint density at radius 2 is 1.79 bits per heavy atom. The Labute approximate surface area is 168 Å². The predicted octanol–water partition coefficient (Wildman–Crippen LogP) is 2.48. The molecule has 0 unspecified atom stereocenters. The van der Waals surface area contributed by atoms with Gasteiger partial charge in [0.05, 0.1) is 21.3 Å². The lowest BCUT2D eigenvalue weighted by Gasteiger charge is -2.14. The Morgan fingerprint density at radius 1 is 1.10 bits per heavy atom. The van der Waals surface area contributed by atoms with Gasteiger partial charge in [0, 0.05) is 29.2 Å². The minimum atomic E-state index is -0.419. The van der Waals surface area contributed by atoms with E-state index in [0.717, 1.165) is 16.5 Å².